The number of ether oxygens (including phenoxy) is 2. The normalized spacial score (nSPS) is 36.2. The first-order valence-electron chi connectivity index (χ1n) is 11.9. The Balaban J connectivity index is 1.20. The first-order valence-corrected chi connectivity index (χ1v) is 11.9. The average molecular weight is 373 g/mol. The predicted molar refractivity (Wildman–Crippen MR) is 112 cm³/mol. The van der Waals surface area contributed by atoms with Gasteiger partial charge in [0.15, 0.2) is 6.29 Å². The van der Waals surface area contributed by atoms with Crippen molar-refractivity contribution in [1.82, 2.24) is 0 Å². The van der Waals surface area contributed by atoms with E-state index in [4.69, 9.17) is 9.47 Å². The summed E-state index contributed by atoms with van der Waals surface area (Å²) in [6.45, 7) is 3.79. The second-order valence-corrected chi connectivity index (χ2v) is 9.71. The molecule has 0 aromatic rings. The Kier molecular flexibility index (Phi) is 7.11. The Morgan fingerprint density at radius 3 is 2.04 bits per heavy atom. The summed E-state index contributed by atoms with van der Waals surface area (Å²) in [5, 5.41) is 0. The quantitative estimate of drug-likeness (QED) is 0.528. The highest BCUT2D eigenvalue weighted by Crippen LogP contribution is 2.41. The van der Waals surface area contributed by atoms with Crippen molar-refractivity contribution in [3.05, 3.63) is 23.3 Å². The summed E-state index contributed by atoms with van der Waals surface area (Å²) in [4.78, 5) is 0. The van der Waals surface area contributed by atoms with Gasteiger partial charge in [-0.15, -0.1) is 0 Å². The largest absolute Gasteiger partial charge is 0.353 e. The second-order valence-electron chi connectivity index (χ2n) is 9.71. The number of hydrogen-bond acceptors (Lipinski definition) is 2. The lowest BCUT2D eigenvalue weighted by atomic mass is 9.72. The van der Waals surface area contributed by atoms with Gasteiger partial charge in [-0.2, -0.15) is 0 Å². The molecule has 2 atom stereocenters. The van der Waals surface area contributed by atoms with Gasteiger partial charge in [-0.05, 0) is 87.2 Å². The first-order chi connectivity index (χ1) is 13.3. The van der Waals surface area contributed by atoms with E-state index in [1.54, 1.807) is 11.1 Å². The molecule has 0 aromatic carbocycles. The summed E-state index contributed by atoms with van der Waals surface area (Å²) in [6, 6.07) is 0. The van der Waals surface area contributed by atoms with Gasteiger partial charge in [-0.1, -0.05) is 44.3 Å². The van der Waals surface area contributed by atoms with Crippen molar-refractivity contribution in [2.24, 2.45) is 23.7 Å². The van der Waals surface area contributed by atoms with Gasteiger partial charge < -0.3 is 9.47 Å². The van der Waals surface area contributed by atoms with Gasteiger partial charge in [0.05, 0.1) is 13.2 Å². The molecule has 0 spiro atoms. The fraction of sp³-hybridized carbons (Fsp3) is 0.840. The first kappa shape index (κ1) is 19.7. The van der Waals surface area contributed by atoms with Crippen molar-refractivity contribution in [3.63, 3.8) is 0 Å². The molecule has 0 radical (unpaired) electrons. The van der Waals surface area contributed by atoms with Gasteiger partial charge in [0, 0.05) is 5.92 Å². The molecule has 0 aromatic heterocycles. The van der Waals surface area contributed by atoms with Gasteiger partial charge in [0.1, 0.15) is 0 Å². The molecule has 0 bridgehead atoms. The van der Waals surface area contributed by atoms with Gasteiger partial charge in [-0.25, -0.2) is 0 Å². The van der Waals surface area contributed by atoms with Gasteiger partial charge in [0.25, 0.3) is 0 Å². The molecule has 2 heteroatoms. The van der Waals surface area contributed by atoms with Crippen LogP contribution in [0.5, 0.6) is 0 Å². The zero-order chi connectivity index (χ0) is 18.5. The lowest BCUT2D eigenvalue weighted by molar-refractivity contribution is -0.191. The van der Waals surface area contributed by atoms with Crippen LogP contribution >= 0.6 is 0 Å². The highest BCUT2D eigenvalue weighted by Gasteiger charge is 2.27. The van der Waals surface area contributed by atoms with E-state index in [2.05, 4.69) is 12.2 Å². The molecule has 3 aliphatic carbocycles. The lowest BCUT2D eigenvalue weighted by Crippen LogP contribution is -2.30. The van der Waals surface area contributed by atoms with Crippen LogP contribution in [0.15, 0.2) is 23.3 Å². The van der Waals surface area contributed by atoms with Crippen molar-refractivity contribution in [3.8, 4) is 0 Å². The Bertz CT molecular complexity index is 520. The van der Waals surface area contributed by atoms with Gasteiger partial charge >= 0.3 is 0 Å². The van der Waals surface area contributed by atoms with E-state index in [0.29, 0.717) is 5.92 Å². The Morgan fingerprint density at radius 2 is 1.41 bits per heavy atom. The summed E-state index contributed by atoms with van der Waals surface area (Å²) in [5.41, 5.74) is 3.41. The van der Waals surface area contributed by atoms with Crippen molar-refractivity contribution in [1.29, 1.82) is 0 Å². The summed E-state index contributed by atoms with van der Waals surface area (Å²) >= 11 is 0. The third-order valence-electron chi connectivity index (χ3n) is 7.82. The molecule has 2 unspecified atom stereocenters. The molecular formula is C25H40O2. The smallest absolute Gasteiger partial charge is 0.154 e. The molecule has 1 saturated carbocycles. The van der Waals surface area contributed by atoms with E-state index in [1.165, 1.54) is 83.5 Å². The van der Waals surface area contributed by atoms with E-state index in [1.807, 2.05) is 6.92 Å². The third-order valence-corrected chi connectivity index (χ3v) is 7.82. The topological polar surface area (TPSA) is 18.5 Å². The summed E-state index contributed by atoms with van der Waals surface area (Å²) in [5.74, 6) is 3.53. The highest BCUT2D eigenvalue weighted by atomic mass is 16.7. The van der Waals surface area contributed by atoms with Crippen LogP contribution < -0.4 is 0 Å². The van der Waals surface area contributed by atoms with Crippen molar-refractivity contribution >= 4 is 0 Å². The average Bonchev–Trinajstić information content (AvgIpc) is 2.75. The van der Waals surface area contributed by atoms with E-state index in [0.717, 1.165) is 31.0 Å². The molecular weight excluding hydrogens is 332 g/mol. The summed E-state index contributed by atoms with van der Waals surface area (Å²) < 4.78 is 11.3. The summed E-state index contributed by atoms with van der Waals surface area (Å²) in [7, 11) is 0. The SMILES string of the molecule is CC1OCC(CCC2CC=C(C3=CCC(C4CCCCC4)CC3)CC2)CO1. The number of hydrogen-bond donors (Lipinski definition) is 0. The standard InChI is InChI=1S/C25H40O2/c1-19-26-17-21(18-27-19)8-7-20-9-11-23(12-10-20)25-15-13-24(14-16-25)22-5-3-2-4-6-22/h11,15,19-22,24H,2-10,12-14,16-18H2,1H3. The maximum Gasteiger partial charge on any atom is 0.154 e. The molecule has 4 aliphatic rings. The minimum Gasteiger partial charge on any atom is -0.353 e. The van der Waals surface area contributed by atoms with Crippen LogP contribution in [0.1, 0.15) is 90.4 Å². The fourth-order valence-corrected chi connectivity index (χ4v) is 5.90. The third kappa shape index (κ3) is 5.48. The van der Waals surface area contributed by atoms with Crippen LogP contribution in [0.4, 0.5) is 0 Å². The Hall–Kier alpha value is -0.600. The highest BCUT2D eigenvalue weighted by molar-refractivity contribution is 5.33. The van der Waals surface area contributed by atoms with Crippen LogP contribution in [-0.4, -0.2) is 19.5 Å². The molecule has 4 rings (SSSR count). The number of rotatable bonds is 5. The molecule has 0 N–H and O–H groups in total. The minimum absolute atomic E-state index is 0.00269. The molecule has 0 amide bonds. The van der Waals surface area contributed by atoms with E-state index < -0.39 is 0 Å². The van der Waals surface area contributed by atoms with Crippen molar-refractivity contribution in [2.45, 2.75) is 96.7 Å². The zero-order valence-electron chi connectivity index (χ0n) is 17.5. The molecule has 2 nitrogen and oxygen atoms in total. The Labute approximate surface area is 166 Å². The maximum absolute atomic E-state index is 5.64. The number of allylic oxidation sites excluding steroid dienone is 4. The van der Waals surface area contributed by atoms with E-state index in [-0.39, 0.29) is 6.29 Å². The molecule has 1 saturated heterocycles. The molecule has 1 heterocycles. The van der Waals surface area contributed by atoms with E-state index >= 15 is 0 Å². The minimum atomic E-state index is 0.00269. The zero-order valence-corrected chi connectivity index (χ0v) is 17.5. The predicted octanol–water partition coefficient (Wildman–Crippen LogP) is 6.81. The van der Waals surface area contributed by atoms with Crippen molar-refractivity contribution in [2.75, 3.05) is 13.2 Å². The van der Waals surface area contributed by atoms with Crippen LogP contribution in [0, 0.1) is 23.7 Å². The van der Waals surface area contributed by atoms with E-state index in [9.17, 15) is 0 Å². The molecule has 27 heavy (non-hydrogen) atoms. The van der Waals surface area contributed by atoms with Crippen LogP contribution in [0.2, 0.25) is 0 Å². The monoisotopic (exact) mass is 372 g/mol. The van der Waals surface area contributed by atoms with Crippen LogP contribution in [-0.2, 0) is 9.47 Å². The van der Waals surface area contributed by atoms with Gasteiger partial charge in [0.2, 0.25) is 0 Å². The second kappa shape index (κ2) is 9.74. The van der Waals surface area contributed by atoms with Crippen LogP contribution in [0.3, 0.4) is 0 Å². The van der Waals surface area contributed by atoms with Crippen LogP contribution in [0.25, 0.3) is 0 Å². The lowest BCUT2D eigenvalue weighted by Gasteiger charge is -2.34. The molecule has 2 fully saturated rings. The Morgan fingerprint density at radius 1 is 0.741 bits per heavy atom. The molecule has 1 aliphatic heterocycles. The molecule has 152 valence electrons. The maximum atomic E-state index is 5.64. The summed E-state index contributed by atoms with van der Waals surface area (Å²) in [6.07, 6.45) is 23.5. The van der Waals surface area contributed by atoms with Gasteiger partial charge in [-0.3, -0.25) is 0 Å². The fourth-order valence-electron chi connectivity index (χ4n) is 5.90. The van der Waals surface area contributed by atoms with Crippen molar-refractivity contribution < 1.29 is 9.47 Å².